The largest absolute Gasteiger partial charge is 0.481 e. The third-order valence-corrected chi connectivity index (χ3v) is 4.04. The van der Waals surface area contributed by atoms with E-state index < -0.39 is 5.97 Å². The molecule has 7 heteroatoms. The van der Waals surface area contributed by atoms with Crippen LogP contribution in [0.5, 0.6) is 0 Å². The molecule has 0 aliphatic carbocycles. The summed E-state index contributed by atoms with van der Waals surface area (Å²) in [5.74, 6) is 0.745. The summed E-state index contributed by atoms with van der Waals surface area (Å²) in [5.41, 5.74) is 1.03. The van der Waals surface area contributed by atoms with Crippen LogP contribution in [0.3, 0.4) is 0 Å². The topological polar surface area (TPSA) is 81.2 Å². The van der Waals surface area contributed by atoms with Gasteiger partial charge in [-0.2, -0.15) is 0 Å². The van der Waals surface area contributed by atoms with Gasteiger partial charge in [0, 0.05) is 11.9 Å². The van der Waals surface area contributed by atoms with Crippen molar-refractivity contribution in [3.05, 3.63) is 29.7 Å². The summed E-state index contributed by atoms with van der Waals surface area (Å²) in [5, 5.41) is 9.52. The normalized spacial score (nSPS) is 12.8. The van der Waals surface area contributed by atoms with Crippen LogP contribution in [0, 0.1) is 6.92 Å². The van der Waals surface area contributed by atoms with E-state index >= 15 is 0 Å². The van der Waals surface area contributed by atoms with Crippen molar-refractivity contribution in [3.8, 4) is 0 Å². The first-order valence-electron chi connectivity index (χ1n) is 6.74. The molecule has 0 saturated carbocycles. The Hall–Kier alpha value is -1.76. The molecule has 6 nitrogen and oxygen atoms in total. The van der Waals surface area contributed by atoms with Crippen molar-refractivity contribution in [2.75, 3.05) is 5.75 Å². The number of nitrogens with zero attached hydrogens (tertiary/aromatic N) is 3. The number of carbonyl (C=O) groups is 1. The minimum Gasteiger partial charge on any atom is -0.481 e. The van der Waals surface area contributed by atoms with Crippen LogP contribution in [0.25, 0.3) is 0 Å². The molecule has 0 spiro atoms. The summed E-state index contributed by atoms with van der Waals surface area (Å²) in [6.07, 6.45) is 3.48. The van der Waals surface area contributed by atoms with Crippen molar-refractivity contribution >= 4 is 17.7 Å². The SMILES string of the molecule is Cc1cnc(C(C)n2c(C(C)C)cnc2SCC(=O)O)o1. The average Bonchev–Trinajstić information content (AvgIpc) is 3.01. The lowest BCUT2D eigenvalue weighted by Crippen LogP contribution is -2.13. The highest BCUT2D eigenvalue weighted by molar-refractivity contribution is 7.99. The number of thioether (sulfide) groups is 1. The lowest BCUT2D eigenvalue weighted by molar-refractivity contribution is -0.133. The van der Waals surface area contributed by atoms with E-state index in [0.29, 0.717) is 11.0 Å². The van der Waals surface area contributed by atoms with Crippen molar-refractivity contribution in [2.24, 2.45) is 0 Å². The van der Waals surface area contributed by atoms with Gasteiger partial charge in [-0.15, -0.1) is 0 Å². The van der Waals surface area contributed by atoms with E-state index in [9.17, 15) is 4.79 Å². The average molecular weight is 309 g/mol. The van der Waals surface area contributed by atoms with Crippen LogP contribution in [-0.4, -0.2) is 31.4 Å². The minimum atomic E-state index is -0.861. The summed E-state index contributed by atoms with van der Waals surface area (Å²) in [6.45, 7) is 7.98. The molecule has 0 bridgehead atoms. The molecule has 2 aromatic heterocycles. The summed E-state index contributed by atoms with van der Waals surface area (Å²) in [6, 6.07) is -0.130. The maximum Gasteiger partial charge on any atom is 0.313 e. The van der Waals surface area contributed by atoms with Gasteiger partial charge in [-0.25, -0.2) is 9.97 Å². The van der Waals surface area contributed by atoms with Gasteiger partial charge in [0.1, 0.15) is 11.8 Å². The summed E-state index contributed by atoms with van der Waals surface area (Å²) in [7, 11) is 0. The van der Waals surface area contributed by atoms with E-state index in [-0.39, 0.29) is 17.7 Å². The van der Waals surface area contributed by atoms with Crippen molar-refractivity contribution in [2.45, 2.75) is 44.8 Å². The number of rotatable bonds is 6. The second-order valence-electron chi connectivity index (χ2n) is 5.16. The molecule has 0 amide bonds. The molecule has 0 aliphatic heterocycles. The van der Waals surface area contributed by atoms with Gasteiger partial charge >= 0.3 is 5.97 Å². The molecule has 1 atom stereocenters. The molecule has 0 aliphatic rings. The van der Waals surface area contributed by atoms with E-state index in [1.54, 1.807) is 12.4 Å². The smallest absolute Gasteiger partial charge is 0.313 e. The zero-order chi connectivity index (χ0) is 15.6. The summed E-state index contributed by atoms with van der Waals surface area (Å²) < 4.78 is 7.60. The molecule has 2 heterocycles. The second-order valence-corrected chi connectivity index (χ2v) is 6.10. The molecule has 2 aromatic rings. The zero-order valence-corrected chi connectivity index (χ0v) is 13.3. The lowest BCUT2D eigenvalue weighted by Gasteiger charge is -2.18. The fourth-order valence-corrected chi connectivity index (χ4v) is 2.86. The van der Waals surface area contributed by atoms with Crippen LogP contribution >= 0.6 is 11.8 Å². The summed E-state index contributed by atoms with van der Waals surface area (Å²) >= 11 is 1.21. The van der Waals surface area contributed by atoms with Gasteiger partial charge in [0.05, 0.1) is 11.9 Å². The number of aromatic nitrogens is 3. The van der Waals surface area contributed by atoms with Gasteiger partial charge in [0.25, 0.3) is 0 Å². The fourth-order valence-electron chi connectivity index (χ4n) is 2.08. The molecule has 2 rings (SSSR count). The van der Waals surface area contributed by atoms with Crippen LogP contribution in [0.15, 0.2) is 22.0 Å². The second kappa shape index (κ2) is 6.34. The van der Waals surface area contributed by atoms with Gasteiger partial charge in [0.15, 0.2) is 5.16 Å². The Kier molecular flexibility index (Phi) is 4.72. The van der Waals surface area contributed by atoms with Crippen molar-refractivity contribution < 1.29 is 14.3 Å². The number of carboxylic acids is 1. The minimum absolute atomic E-state index is 0.0219. The number of carboxylic acid groups (broad SMARTS) is 1. The van der Waals surface area contributed by atoms with Crippen LogP contribution < -0.4 is 0 Å². The highest BCUT2D eigenvalue weighted by Gasteiger charge is 2.22. The molecule has 1 unspecified atom stereocenters. The van der Waals surface area contributed by atoms with E-state index in [1.807, 2.05) is 18.4 Å². The molecule has 0 aromatic carbocycles. The molecule has 1 N–H and O–H groups in total. The fraction of sp³-hybridized carbons (Fsp3) is 0.500. The van der Waals surface area contributed by atoms with Crippen molar-refractivity contribution in [3.63, 3.8) is 0 Å². The quantitative estimate of drug-likeness (QED) is 0.826. The highest BCUT2D eigenvalue weighted by atomic mass is 32.2. The first kappa shape index (κ1) is 15.6. The van der Waals surface area contributed by atoms with E-state index in [0.717, 1.165) is 11.5 Å². The molecule has 0 saturated heterocycles. The Morgan fingerprint density at radius 1 is 1.38 bits per heavy atom. The Morgan fingerprint density at radius 3 is 2.62 bits per heavy atom. The predicted octanol–water partition coefficient (Wildman–Crippen LogP) is 3.09. The number of aliphatic carboxylic acids is 1. The third kappa shape index (κ3) is 3.47. The van der Waals surface area contributed by atoms with E-state index in [2.05, 4.69) is 23.8 Å². The van der Waals surface area contributed by atoms with Crippen LogP contribution in [0.4, 0.5) is 0 Å². The molecular formula is C14H19N3O3S. The molecule has 114 valence electrons. The Morgan fingerprint density at radius 2 is 2.10 bits per heavy atom. The van der Waals surface area contributed by atoms with Crippen LogP contribution in [-0.2, 0) is 4.79 Å². The zero-order valence-electron chi connectivity index (χ0n) is 12.5. The predicted molar refractivity (Wildman–Crippen MR) is 79.7 cm³/mol. The van der Waals surface area contributed by atoms with Crippen LogP contribution in [0.1, 0.15) is 50.1 Å². The Labute approximate surface area is 127 Å². The third-order valence-electron chi connectivity index (χ3n) is 3.09. The molecule has 0 radical (unpaired) electrons. The standard InChI is InChI=1S/C14H19N3O3S/c1-8(2)11-6-16-14(21-7-12(18)19)17(11)10(4)13-15-5-9(3)20-13/h5-6,8,10H,7H2,1-4H3,(H,18,19). The first-order valence-corrected chi connectivity index (χ1v) is 7.72. The van der Waals surface area contributed by atoms with Gasteiger partial charge in [-0.05, 0) is 19.8 Å². The van der Waals surface area contributed by atoms with E-state index in [4.69, 9.17) is 9.52 Å². The maximum absolute atomic E-state index is 10.8. The number of imidazole rings is 1. The molecular weight excluding hydrogens is 290 g/mol. The Bertz CT molecular complexity index is 633. The van der Waals surface area contributed by atoms with Gasteiger partial charge in [0.2, 0.25) is 5.89 Å². The monoisotopic (exact) mass is 309 g/mol. The first-order chi connectivity index (χ1) is 9.90. The van der Waals surface area contributed by atoms with Crippen molar-refractivity contribution in [1.82, 2.24) is 14.5 Å². The highest BCUT2D eigenvalue weighted by Crippen LogP contribution is 2.30. The summed E-state index contributed by atoms with van der Waals surface area (Å²) in [4.78, 5) is 19.4. The van der Waals surface area contributed by atoms with Gasteiger partial charge < -0.3 is 14.1 Å². The molecule has 21 heavy (non-hydrogen) atoms. The van der Waals surface area contributed by atoms with E-state index in [1.165, 1.54) is 11.8 Å². The molecule has 0 fully saturated rings. The number of hydrogen-bond acceptors (Lipinski definition) is 5. The number of hydrogen-bond donors (Lipinski definition) is 1. The Balaban J connectivity index is 2.38. The number of oxazole rings is 1. The van der Waals surface area contributed by atoms with Crippen molar-refractivity contribution in [1.29, 1.82) is 0 Å². The van der Waals surface area contributed by atoms with Gasteiger partial charge in [-0.3, -0.25) is 4.79 Å². The van der Waals surface area contributed by atoms with Crippen LogP contribution in [0.2, 0.25) is 0 Å². The maximum atomic E-state index is 10.8. The van der Waals surface area contributed by atoms with Gasteiger partial charge in [-0.1, -0.05) is 25.6 Å². The lowest BCUT2D eigenvalue weighted by atomic mass is 10.1. The number of aryl methyl sites for hydroxylation is 1.